The molecule has 0 fully saturated rings. The highest BCUT2D eigenvalue weighted by Crippen LogP contribution is 2.29. The minimum Gasteiger partial charge on any atom is -0.489 e. The number of ether oxygens (including phenoxy) is 1. The molecule has 2 nitrogen and oxygen atoms in total. The molecule has 0 saturated carbocycles. The highest BCUT2D eigenvalue weighted by molar-refractivity contribution is 9.10. The molecule has 0 aliphatic heterocycles. The van der Waals surface area contributed by atoms with Gasteiger partial charge in [0.1, 0.15) is 12.4 Å². The van der Waals surface area contributed by atoms with Gasteiger partial charge < -0.3 is 10.5 Å². The van der Waals surface area contributed by atoms with E-state index < -0.39 is 0 Å². The molecule has 2 aromatic rings. The van der Waals surface area contributed by atoms with Crippen molar-refractivity contribution in [2.24, 2.45) is 5.73 Å². The molecule has 0 aromatic heterocycles. The normalized spacial score (nSPS) is 12.3. The number of hydrogen-bond acceptors (Lipinski definition) is 2. The van der Waals surface area contributed by atoms with Crippen LogP contribution < -0.4 is 10.5 Å². The van der Waals surface area contributed by atoms with Crippen molar-refractivity contribution in [3.8, 4) is 5.75 Å². The summed E-state index contributed by atoms with van der Waals surface area (Å²) >= 11 is 3.49. The van der Waals surface area contributed by atoms with Crippen LogP contribution in [0.4, 0.5) is 0 Å². The van der Waals surface area contributed by atoms with Crippen LogP contribution in [0, 0.1) is 20.8 Å². The zero-order chi connectivity index (χ0) is 15.6. The van der Waals surface area contributed by atoms with Crippen molar-refractivity contribution >= 4 is 15.9 Å². The van der Waals surface area contributed by atoms with Gasteiger partial charge in [0, 0.05) is 16.1 Å². The van der Waals surface area contributed by atoms with Gasteiger partial charge in [0.05, 0.1) is 0 Å². The number of hydrogen-bond donors (Lipinski definition) is 1. The topological polar surface area (TPSA) is 35.2 Å². The fourth-order valence-corrected chi connectivity index (χ4v) is 2.94. The zero-order valence-electron chi connectivity index (χ0n) is 13.0. The first kappa shape index (κ1) is 16.1. The summed E-state index contributed by atoms with van der Waals surface area (Å²) < 4.78 is 7.06. The van der Waals surface area contributed by atoms with E-state index in [1.807, 2.05) is 25.1 Å². The van der Waals surface area contributed by atoms with E-state index in [-0.39, 0.29) is 6.04 Å². The summed E-state index contributed by atoms with van der Waals surface area (Å²) in [6.07, 6.45) is 0. The maximum atomic E-state index is 6.06. The zero-order valence-corrected chi connectivity index (χ0v) is 14.6. The van der Waals surface area contributed by atoms with Crippen LogP contribution in [0.2, 0.25) is 0 Å². The maximum absolute atomic E-state index is 6.06. The molecule has 0 radical (unpaired) electrons. The van der Waals surface area contributed by atoms with Crippen LogP contribution in [0.1, 0.15) is 40.8 Å². The summed E-state index contributed by atoms with van der Waals surface area (Å²) in [5.74, 6) is 0.846. The molecule has 21 heavy (non-hydrogen) atoms. The summed E-state index contributed by atoms with van der Waals surface area (Å²) in [5.41, 5.74) is 12.1. The van der Waals surface area contributed by atoms with Crippen molar-refractivity contribution < 1.29 is 4.74 Å². The Bertz CT molecular complexity index is 627. The van der Waals surface area contributed by atoms with Crippen molar-refractivity contribution in [2.75, 3.05) is 0 Å². The van der Waals surface area contributed by atoms with Gasteiger partial charge >= 0.3 is 0 Å². The Balaban J connectivity index is 2.26. The van der Waals surface area contributed by atoms with Crippen LogP contribution in [0.3, 0.4) is 0 Å². The van der Waals surface area contributed by atoms with E-state index in [1.165, 1.54) is 22.3 Å². The summed E-state index contributed by atoms with van der Waals surface area (Å²) in [6.45, 7) is 8.91. The highest BCUT2D eigenvalue weighted by Gasteiger charge is 2.11. The van der Waals surface area contributed by atoms with Gasteiger partial charge in [-0.2, -0.15) is 0 Å². The Morgan fingerprint density at radius 1 is 1.10 bits per heavy atom. The van der Waals surface area contributed by atoms with E-state index in [2.05, 4.69) is 48.8 Å². The molecule has 3 heteroatoms. The first-order valence-electron chi connectivity index (χ1n) is 7.13. The van der Waals surface area contributed by atoms with Crippen molar-refractivity contribution in [1.29, 1.82) is 0 Å². The average Bonchev–Trinajstić information content (AvgIpc) is 2.37. The van der Waals surface area contributed by atoms with E-state index in [9.17, 15) is 0 Å². The van der Waals surface area contributed by atoms with Crippen molar-refractivity contribution in [3.05, 3.63) is 62.6 Å². The number of nitrogens with two attached hydrogens (primary N) is 1. The summed E-state index contributed by atoms with van der Waals surface area (Å²) in [6, 6.07) is 10.3. The number of aryl methyl sites for hydroxylation is 3. The smallest absolute Gasteiger partial charge is 0.125 e. The third kappa shape index (κ3) is 3.86. The monoisotopic (exact) mass is 347 g/mol. The van der Waals surface area contributed by atoms with Crippen LogP contribution in [0.25, 0.3) is 0 Å². The van der Waals surface area contributed by atoms with Gasteiger partial charge in [-0.3, -0.25) is 0 Å². The third-order valence-electron chi connectivity index (χ3n) is 3.68. The molecular formula is C18H22BrNO. The first-order chi connectivity index (χ1) is 9.88. The largest absolute Gasteiger partial charge is 0.489 e. The van der Waals surface area contributed by atoms with Crippen LogP contribution in [-0.4, -0.2) is 0 Å². The van der Waals surface area contributed by atoms with Gasteiger partial charge in [-0.25, -0.2) is 0 Å². The van der Waals surface area contributed by atoms with Gasteiger partial charge in [-0.1, -0.05) is 39.7 Å². The van der Waals surface area contributed by atoms with Crippen molar-refractivity contribution in [2.45, 2.75) is 40.3 Å². The van der Waals surface area contributed by atoms with Gasteiger partial charge in [-0.05, 0) is 56.5 Å². The predicted octanol–water partition coefficient (Wildman–Crippen LogP) is 4.97. The predicted molar refractivity (Wildman–Crippen MR) is 91.7 cm³/mol. The second kappa shape index (κ2) is 6.63. The fraction of sp³-hybridized carbons (Fsp3) is 0.333. The molecule has 0 saturated heterocycles. The molecule has 2 aromatic carbocycles. The molecule has 0 bridgehead atoms. The molecule has 0 unspecified atom stereocenters. The molecule has 0 spiro atoms. The standard InChI is InChI=1S/C18H22BrNO/c1-11-7-12(2)17(13(3)8-11)10-21-18-9-15(19)5-6-16(18)14(4)20/h5-9,14H,10,20H2,1-4H3/t14-/m1/s1. The lowest BCUT2D eigenvalue weighted by molar-refractivity contribution is 0.299. The first-order valence-corrected chi connectivity index (χ1v) is 7.92. The SMILES string of the molecule is Cc1cc(C)c(COc2cc(Br)ccc2[C@@H](C)N)c(C)c1. The number of benzene rings is 2. The molecule has 2 rings (SSSR count). The average molecular weight is 348 g/mol. The van der Waals surface area contributed by atoms with Gasteiger partial charge in [0.2, 0.25) is 0 Å². The van der Waals surface area contributed by atoms with Crippen LogP contribution in [-0.2, 0) is 6.61 Å². The summed E-state index contributed by atoms with van der Waals surface area (Å²) in [4.78, 5) is 0. The summed E-state index contributed by atoms with van der Waals surface area (Å²) in [5, 5.41) is 0. The molecule has 0 aliphatic rings. The summed E-state index contributed by atoms with van der Waals surface area (Å²) in [7, 11) is 0. The Morgan fingerprint density at radius 2 is 1.71 bits per heavy atom. The van der Waals surface area contributed by atoms with Gasteiger partial charge in [0.15, 0.2) is 0 Å². The van der Waals surface area contributed by atoms with E-state index in [4.69, 9.17) is 10.5 Å². The lowest BCUT2D eigenvalue weighted by Crippen LogP contribution is -2.09. The minimum atomic E-state index is -0.0479. The Labute approximate surface area is 135 Å². The van der Waals surface area contributed by atoms with E-state index in [1.54, 1.807) is 0 Å². The molecule has 0 aliphatic carbocycles. The third-order valence-corrected chi connectivity index (χ3v) is 4.17. The lowest BCUT2D eigenvalue weighted by atomic mass is 10.0. The molecule has 112 valence electrons. The molecule has 2 N–H and O–H groups in total. The van der Waals surface area contributed by atoms with Crippen molar-refractivity contribution in [3.63, 3.8) is 0 Å². The van der Waals surface area contributed by atoms with E-state index in [0.29, 0.717) is 6.61 Å². The van der Waals surface area contributed by atoms with Crippen LogP contribution in [0.5, 0.6) is 5.75 Å². The molecule has 0 amide bonds. The second-order valence-electron chi connectivity index (χ2n) is 5.64. The Kier molecular flexibility index (Phi) is 5.07. The fourth-order valence-electron chi connectivity index (χ4n) is 2.60. The second-order valence-corrected chi connectivity index (χ2v) is 6.55. The maximum Gasteiger partial charge on any atom is 0.125 e. The van der Waals surface area contributed by atoms with Gasteiger partial charge in [0.25, 0.3) is 0 Å². The van der Waals surface area contributed by atoms with Crippen LogP contribution in [0.15, 0.2) is 34.8 Å². The number of rotatable bonds is 4. The van der Waals surface area contributed by atoms with E-state index >= 15 is 0 Å². The Morgan fingerprint density at radius 3 is 2.29 bits per heavy atom. The quantitative estimate of drug-likeness (QED) is 0.846. The van der Waals surface area contributed by atoms with Gasteiger partial charge in [-0.15, -0.1) is 0 Å². The molecule has 1 atom stereocenters. The minimum absolute atomic E-state index is 0.0479. The highest BCUT2D eigenvalue weighted by atomic mass is 79.9. The van der Waals surface area contributed by atoms with Crippen LogP contribution >= 0.6 is 15.9 Å². The molecular weight excluding hydrogens is 326 g/mol. The van der Waals surface area contributed by atoms with E-state index in [0.717, 1.165) is 15.8 Å². The lowest BCUT2D eigenvalue weighted by Gasteiger charge is -2.17. The Hall–Kier alpha value is -1.32. The van der Waals surface area contributed by atoms with Crippen molar-refractivity contribution in [1.82, 2.24) is 0 Å². The number of halogens is 1. The molecule has 0 heterocycles.